The molecule has 1 aromatic rings. The molecule has 1 rings (SSSR count). The molecule has 0 aliphatic carbocycles. The van der Waals surface area contributed by atoms with Gasteiger partial charge < -0.3 is 11.1 Å². The van der Waals surface area contributed by atoms with Gasteiger partial charge in [-0.25, -0.2) is 4.98 Å². The van der Waals surface area contributed by atoms with Crippen molar-refractivity contribution in [1.29, 1.82) is 0 Å². The molecule has 3 N–H and O–H groups in total. The Kier molecular flexibility index (Phi) is 2.28. The maximum Gasteiger partial charge on any atom is 0.211 e. The zero-order valence-corrected chi connectivity index (χ0v) is 6.30. The maximum atomic E-state index is 10.0. The lowest BCUT2D eigenvalue weighted by Crippen LogP contribution is -2.00. The highest BCUT2D eigenvalue weighted by Crippen LogP contribution is 2.24. The zero-order chi connectivity index (χ0) is 8.27. The molecule has 0 saturated carbocycles. The molecule has 0 spiro atoms. The van der Waals surface area contributed by atoms with E-state index in [-0.39, 0.29) is 5.15 Å². The van der Waals surface area contributed by atoms with Gasteiger partial charge in [0.2, 0.25) is 6.41 Å². The number of hydrogen-bond acceptors (Lipinski definition) is 3. The molecule has 0 unspecified atom stereocenters. The normalized spacial score (nSPS) is 9.18. The SMILES string of the molecule is Nc1ccnc(Cl)c1NC=O. The fourth-order valence-electron chi connectivity index (χ4n) is 0.652. The molecule has 1 amide bonds. The van der Waals surface area contributed by atoms with Crippen molar-refractivity contribution >= 4 is 29.4 Å². The summed E-state index contributed by atoms with van der Waals surface area (Å²) in [6.07, 6.45) is 1.97. The number of nitrogens with two attached hydrogens (primary N) is 1. The Balaban J connectivity index is 3.09. The van der Waals surface area contributed by atoms with Crippen LogP contribution in [0.4, 0.5) is 11.4 Å². The molecule has 4 nitrogen and oxygen atoms in total. The highest BCUT2D eigenvalue weighted by atomic mass is 35.5. The Morgan fingerprint density at radius 2 is 2.45 bits per heavy atom. The van der Waals surface area contributed by atoms with Gasteiger partial charge in [0.25, 0.3) is 0 Å². The minimum Gasteiger partial charge on any atom is -0.397 e. The van der Waals surface area contributed by atoms with Crippen molar-refractivity contribution in [2.24, 2.45) is 0 Å². The highest BCUT2D eigenvalue weighted by Gasteiger charge is 2.02. The second kappa shape index (κ2) is 3.21. The summed E-state index contributed by atoms with van der Waals surface area (Å²) in [6.45, 7) is 0. The average molecular weight is 172 g/mol. The molecule has 58 valence electrons. The van der Waals surface area contributed by atoms with E-state index >= 15 is 0 Å². The van der Waals surface area contributed by atoms with Gasteiger partial charge in [0, 0.05) is 6.20 Å². The van der Waals surface area contributed by atoms with Crippen LogP contribution in [-0.2, 0) is 4.79 Å². The van der Waals surface area contributed by atoms with Crippen molar-refractivity contribution in [3.8, 4) is 0 Å². The van der Waals surface area contributed by atoms with Crippen LogP contribution in [-0.4, -0.2) is 11.4 Å². The first kappa shape index (κ1) is 7.81. The number of carbonyl (C=O) groups is 1. The van der Waals surface area contributed by atoms with Crippen LogP contribution < -0.4 is 11.1 Å². The van der Waals surface area contributed by atoms with Crippen molar-refractivity contribution in [3.05, 3.63) is 17.4 Å². The van der Waals surface area contributed by atoms with Crippen LogP contribution in [0.1, 0.15) is 0 Å². The highest BCUT2D eigenvalue weighted by molar-refractivity contribution is 6.32. The molecule has 0 aliphatic heterocycles. The third kappa shape index (κ3) is 1.59. The minimum absolute atomic E-state index is 0.192. The monoisotopic (exact) mass is 171 g/mol. The van der Waals surface area contributed by atoms with Crippen LogP contribution in [0.3, 0.4) is 0 Å². The van der Waals surface area contributed by atoms with Gasteiger partial charge in [0.15, 0.2) is 5.15 Å². The first-order chi connectivity index (χ1) is 5.25. The molecule has 0 aliphatic rings. The summed E-state index contributed by atoms with van der Waals surface area (Å²) in [7, 11) is 0. The summed E-state index contributed by atoms with van der Waals surface area (Å²) in [4.78, 5) is 13.7. The second-order valence-corrected chi connectivity index (χ2v) is 2.19. The lowest BCUT2D eigenvalue weighted by Gasteiger charge is -2.03. The molecule has 5 heteroatoms. The number of nitrogen functional groups attached to an aromatic ring is 1. The number of amides is 1. The Hall–Kier alpha value is -1.29. The van der Waals surface area contributed by atoms with Gasteiger partial charge in [-0.3, -0.25) is 4.79 Å². The van der Waals surface area contributed by atoms with Gasteiger partial charge in [-0.1, -0.05) is 11.6 Å². The average Bonchev–Trinajstić information content (AvgIpc) is 1.97. The zero-order valence-electron chi connectivity index (χ0n) is 5.54. The third-order valence-electron chi connectivity index (χ3n) is 1.14. The van der Waals surface area contributed by atoms with Gasteiger partial charge in [-0.15, -0.1) is 0 Å². The Morgan fingerprint density at radius 3 is 3.00 bits per heavy atom. The fourth-order valence-corrected chi connectivity index (χ4v) is 0.872. The summed E-state index contributed by atoms with van der Waals surface area (Å²) < 4.78 is 0. The van der Waals surface area contributed by atoms with Crippen molar-refractivity contribution in [3.63, 3.8) is 0 Å². The Bertz CT molecular complexity index is 256. The third-order valence-corrected chi connectivity index (χ3v) is 1.43. The van der Waals surface area contributed by atoms with Gasteiger partial charge in [-0.2, -0.15) is 0 Å². The Labute approximate surface area is 68.4 Å². The van der Waals surface area contributed by atoms with E-state index in [0.717, 1.165) is 0 Å². The van der Waals surface area contributed by atoms with E-state index in [1.54, 1.807) is 6.07 Å². The molecule has 1 heterocycles. The van der Waals surface area contributed by atoms with Crippen LogP contribution in [0.5, 0.6) is 0 Å². The molecule has 0 bridgehead atoms. The topological polar surface area (TPSA) is 68.0 Å². The maximum absolute atomic E-state index is 10.0. The quantitative estimate of drug-likeness (QED) is 0.513. The van der Waals surface area contributed by atoms with E-state index in [2.05, 4.69) is 10.3 Å². The molecular formula is C6H6ClN3O. The first-order valence-electron chi connectivity index (χ1n) is 2.86. The fraction of sp³-hybridized carbons (Fsp3) is 0. The molecule has 0 fully saturated rings. The van der Waals surface area contributed by atoms with Crippen LogP contribution in [0.25, 0.3) is 0 Å². The number of halogens is 1. The smallest absolute Gasteiger partial charge is 0.211 e. The number of nitrogens with zero attached hydrogens (tertiary/aromatic N) is 1. The van der Waals surface area contributed by atoms with Crippen molar-refractivity contribution in [2.75, 3.05) is 11.1 Å². The van der Waals surface area contributed by atoms with E-state index in [1.807, 2.05) is 0 Å². The minimum atomic E-state index is 0.192. The summed E-state index contributed by atoms with van der Waals surface area (Å²) in [5.41, 5.74) is 6.21. The molecule has 0 saturated heterocycles. The van der Waals surface area contributed by atoms with E-state index in [1.165, 1.54) is 6.20 Å². The number of carbonyl (C=O) groups excluding carboxylic acids is 1. The van der Waals surface area contributed by atoms with Gasteiger partial charge in [0.05, 0.1) is 5.69 Å². The molecule has 0 atom stereocenters. The summed E-state index contributed by atoms with van der Waals surface area (Å²) >= 11 is 5.60. The van der Waals surface area contributed by atoms with Crippen LogP contribution in [0.15, 0.2) is 12.3 Å². The van der Waals surface area contributed by atoms with E-state index in [9.17, 15) is 4.79 Å². The summed E-state index contributed by atoms with van der Waals surface area (Å²) in [5.74, 6) is 0. The lowest BCUT2D eigenvalue weighted by molar-refractivity contribution is -0.105. The van der Waals surface area contributed by atoms with E-state index in [0.29, 0.717) is 17.8 Å². The molecule has 1 aromatic heterocycles. The summed E-state index contributed by atoms with van der Waals surface area (Å²) in [5, 5.41) is 2.54. The number of anilines is 2. The standard InChI is InChI=1S/C6H6ClN3O/c7-6-5(10-3-11)4(8)1-2-9-6/h1-3H,(H2,8,9)(H,10,11). The number of rotatable bonds is 2. The summed E-state index contributed by atoms with van der Waals surface area (Å²) in [6, 6.07) is 1.55. The Morgan fingerprint density at radius 1 is 1.73 bits per heavy atom. The van der Waals surface area contributed by atoms with Crippen molar-refractivity contribution < 1.29 is 4.79 Å². The van der Waals surface area contributed by atoms with Gasteiger partial charge in [0.1, 0.15) is 5.69 Å². The number of aromatic nitrogens is 1. The predicted molar refractivity (Wildman–Crippen MR) is 43.3 cm³/mol. The molecule has 0 radical (unpaired) electrons. The largest absolute Gasteiger partial charge is 0.397 e. The van der Waals surface area contributed by atoms with Crippen molar-refractivity contribution in [1.82, 2.24) is 4.98 Å². The number of hydrogen-bond donors (Lipinski definition) is 2. The van der Waals surface area contributed by atoms with Gasteiger partial charge in [-0.05, 0) is 6.07 Å². The van der Waals surface area contributed by atoms with Crippen LogP contribution >= 0.6 is 11.6 Å². The molecule has 0 aromatic carbocycles. The number of pyridine rings is 1. The van der Waals surface area contributed by atoms with Crippen LogP contribution in [0.2, 0.25) is 5.15 Å². The number of nitrogens with one attached hydrogen (secondary N) is 1. The molecule has 11 heavy (non-hydrogen) atoms. The molecular weight excluding hydrogens is 166 g/mol. The van der Waals surface area contributed by atoms with E-state index in [4.69, 9.17) is 17.3 Å². The van der Waals surface area contributed by atoms with Gasteiger partial charge >= 0.3 is 0 Å². The lowest BCUT2D eigenvalue weighted by atomic mass is 10.3. The van der Waals surface area contributed by atoms with Crippen LogP contribution in [0, 0.1) is 0 Å². The van der Waals surface area contributed by atoms with Crippen molar-refractivity contribution in [2.45, 2.75) is 0 Å². The predicted octanol–water partition coefficient (Wildman–Crippen LogP) is 0.885. The van der Waals surface area contributed by atoms with E-state index < -0.39 is 0 Å². The first-order valence-corrected chi connectivity index (χ1v) is 3.23. The second-order valence-electron chi connectivity index (χ2n) is 1.83.